The highest BCUT2D eigenvalue weighted by Crippen LogP contribution is 2.37. The maximum Gasteiger partial charge on any atom is 0.312 e. The summed E-state index contributed by atoms with van der Waals surface area (Å²) in [6.07, 6.45) is -4.76. The minimum absolute atomic E-state index is 0.191. The summed E-state index contributed by atoms with van der Waals surface area (Å²) < 4.78 is 17.2. The first-order valence-corrected chi connectivity index (χ1v) is 21.4. The maximum absolute atomic E-state index is 13.5. The molecule has 0 saturated carbocycles. The van der Waals surface area contributed by atoms with Gasteiger partial charge in [-0.2, -0.15) is 0 Å². The number of carbonyl (C=O) groups is 1. The number of rotatable bonds is 8. The predicted octanol–water partition coefficient (Wildman–Crippen LogP) is 3.86. The Morgan fingerprint density at radius 2 is 1.70 bits per heavy atom. The summed E-state index contributed by atoms with van der Waals surface area (Å²) in [5.41, 5.74) is -2.54. The Hall–Kier alpha value is -1.77. The normalized spacial score (nSPS) is 38.4. The molecule has 56 heavy (non-hydrogen) atoms. The van der Waals surface area contributed by atoms with E-state index in [9.17, 15) is 30.3 Å². The molecule has 13 nitrogen and oxygen atoms in total. The monoisotopic (exact) mass is 916 g/mol. The summed E-state index contributed by atoms with van der Waals surface area (Å²) >= 11 is 7.44. The van der Waals surface area contributed by atoms with Crippen LogP contribution in [0.1, 0.15) is 67.7 Å². The lowest BCUT2D eigenvalue weighted by molar-refractivity contribution is -0.299. The van der Waals surface area contributed by atoms with Crippen LogP contribution in [0.3, 0.4) is 0 Å². The van der Waals surface area contributed by atoms with Gasteiger partial charge in [0.15, 0.2) is 15.5 Å². The molecule has 0 spiro atoms. The number of hydrogen-bond donors (Lipinski definition) is 7. The molecule has 0 radical (unpaired) electrons. The molecule has 0 unspecified atom stereocenters. The van der Waals surface area contributed by atoms with Crippen LogP contribution in [0.5, 0.6) is 0 Å². The number of cyclic esters (lactones) is 1. The fourth-order valence-corrected chi connectivity index (χ4v) is 9.12. The molecule has 0 aliphatic carbocycles. The molecule has 0 aromatic heterocycles. The highest BCUT2D eigenvalue weighted by atomic mass is 127. The van der Waals surface area contributed by atoms with Gasteiger partial charge in [-0.05, 0) is 120 Å². The SMILES string of the molecule is C[C@H]1CN(CCCNC(=S)Nc2cccc3ccccc23)[C@H](C)[C@@H](O)[C@](C)(O)[C@@H](I)OC(=O)[C@H](C)[C@@H](O)[C@H](C)[C@@H](O[C@@H]2O[C@H](C)C[C@H](N(C)C)[C@H]2O)[C@](C)(O)C1. The van der Waals surface area contributed by atoms with Crippen molar-refractivity contribution in [2.75, 3.05) is 39.0 Å². The topological polar surface area (TPSA) is 176 Å². The van der Waals surface area contributed by atoms with Gasteiger partial charge in [-0.25, -0.2) is 0 Å². The fraction of sp³-hybridized carbons (Fsp3) is 0.707. The van der Waals surface area contributed by atoms with Crippen molar-refractivity contribution in [1.29, 1.82) is 0 Å². The van der Waals surface area contributed by atoms with Gasteiger partial charge in [0.05, 0.1) is 29.8 Å². The summed E-state index contributed by atoms with van der Waals surface area (Å²) in [6, 6.07) is 13.2. The molecule has 7 N–H and O–H groups in total. The van der Waals surface area contributed by atoms with Crippen LogP contribution in [0.15, 0.2) is 42.5 Å². The van der Waals surface area contributed by atoms with E-state index in [2.05, 4.69) is 15.5 Å². The second-order valence-corrected chi connectivity index (χ2v) is 18.4. The van der Waals surface area contributed by atoms with E-state index in [1.807, 2.05) is 105 Å². The summed E-state index contributed by atoms with van der Waals surface area (Å²) in [6.45, 7) is 13.4. The van der Waals surface area contributed by atoms with Crippen molar-refractivity contribution in [1.82, 2.24) is 15.1 Å². The van der Waals surface area contributed by atoms with Crippen LogP contribution < -0.4 is 10.6 Å². The van der Waals surface area contributed by atoms with E-state index < -0.39 is 69.9 Å². The summed E-state index contributed by atoms with van der Waals surface area (Å²) in [7, 11) is 3.75. The van der Waals surface area contributed by atoms with Crippen LogP contribution >= 0.6 is 34.8 Å². The van der Waals surface area contributed by atoms with Crippen LogP contribution in [-0.4, -0.2) is 144 Å². The summed E-state index contributed by atoms with van der Waals surface area (Å²) in [5, 5.41) is 67.9. The van der Waals surface area contributed by atoms with Gasteiger partial charge in [-0.3, -0.25) is 9.69 Å². The average molecular weight is 917 g/mol. The van der Waals surface area contributed by atoms with Crippen LogP contribution in [0.2, 0.25) is 0 Å². The van der Waals surface area contributed by atoms with Gasteiger partial charge in [0.2, 0.25) is 0 Å². The molecule has 2 saturated heterocycles. The van der Waals surface area contributed by atoms with Crippen molar-refractivity contribution in [3.05, 3.63) is 42.5 Å². The van der Waals surface area contributed by atoms with Gasteiger partial charge in [0.1, 0.15) is 17.8 Å². The van der Waals surface area contributed by atoms with E-state index in [0.29, 0.717) is 37.6 Å². The summed E-state index contributed by atoms with van der Waals surface area (Å²) in [4.78, 5) is 17.5. The number of aliphatic hydroxyl groups is 5. The standard InChI is InChI=1S/C41H65IN4O9S/c1-23-21-40(6,51)35(54-37-33(48)31(45(8)9)20-24(2)53-37)25(3)32(47)26(4)36(50)55-38(42)41(7,52)34(49)27(5)46(22-23)19-13-18-43-39(56)44-30-17-12-15-28-14-10-11-16-29(28)30/h10-12,14-17,23-27,31-35,37-38,47-49,51-52H,13,18-22H2,1-9H3,(H2,43,44,56)/t23-,24-,25+,26-,27-,31+,32+,33-,34-,35-,37+,38+,40-,41+/m1/s1. The van der Waals surface area contributed by atoms with Gasteiger partial charge in [0, 0.05) is 48.7 Å². The van der Waals surface area contributed by atoms with Crippen molar-refractivity contribution in [3.63, 3.8) is 0 Å². The Labute approximate surface area is 351 Å². The second-order valence-electron chi connectivity index (χ2n) is 16.9. The van der Waals surface area contributed by atoms with E-state index in [-0.39, 0.29) is 24.5 Å². The third kappa shape index (κ3) is 11.5. The lowest BCUT2D eigenvalue weighted by Gasteiger charge is -2.46. The first kappa shape index (κ1) is 46.9. The molecular formula is C41H65IN4O9S. The number of alkyl halides is 1. The first-order valence-electron chi connectivity index (χ1n) is 19.7. The van der Waals surface area contributed by atoms with Gasteiger partial charge in [-0.15, -0.1) is 0 Å². The van der Waals surface area contributed by atoms with E-state index >= 15 is 0 Å². The zero-order chi connectivity index (χ0) is 41.7. The number of halogens is 1. The number of nitrogens with zero attached hydrogens (tertiary/aromatic N) is 2. The van der Waals surface area contributed by atoms with Crippen molar-refractivity contribution >= 4 is 62.4 Å². The Kier molecular flexibility index (Phi) is 16.7. The minimum atomic E-state index is -1.86. The highest BCUT2D eigenvalue weighted by Gasteiger charge is 2.50. The number of hydrogen-bond acceptors (Lipinski definition) is 12. The third-order valence-electron chi connectivity index (χ3n) is 11.6. The molecular weight excluding hydrogens is 851 g/mol. The largest absolute Gasteiger partial charge is 0.448 e. The number of nitrogens with one attached hydrogen (secondary N) is 2. The van der Waals surface area contributed by atoms with Gasteiger partial charge in [0.25, 0.3) is 0 Å². The predicted molar refractivity (Wildman–Crippen MR) is 230 cm³/mol. The quantitative estimate of drug-likeness (QED) is 0.0669. The van der Waals surface area contributed by atoms with E-state index in [1.165, 1.54) is 13.8 Å². The lowest BCUT2D eigenvalue weighted by atomic mass is 9.78. The van der Waals surface area contributed by atoms with Crippen LogP contribution in [0, 0.1) is 17.8 Å². The molecule has 4 rings (SSSR count). The molecule has 2 aliphatic heterocycles. The number of fused-ring (bicyclic) bond motifs is 1. The highest BCUT2D eigenvalue weighted by molar-refractivity contribution is 14.1. The smallest absolute Gasteiger partial charge is 0.312 e. The molecule has 2 heterocycles. The molecule has 0 bridgehead atoms. The van der Waals surface area contributed by atoms with E-state index in [4.69, 9.17) is 26.4 Å². The first-order chi connectivity index (χ1) is 26.1. The number of thiocarbonyl (C=S) groups is 1. The number of benzene rings is 2. The zero-order valence-electron chi connectivity index (χ0n) is 34.3. The number of aliphatic hydroxyl groups excluding tert-OH is 3. The number of esters is 1. The molecule has 2 aromatic rings. The average Bonchev–Trinajstić information content (AvgIpc) is 3.13. The second kappa shape index (κ2) is 20.0. The fourth-order valence-electron chi connectivity index (χ4n) is 8.29. The Morgan fingerprint density at radius 3 is 2.38 bits per heavy atom. The molecule has 2 aliphatic rings. The van der Waals surface area contributed by atoms with Crippen LogP contribution in [0.4, 0.5) is 5.69 Å². The van der Waals surface area contributed by atoms with Crippen molar-refractivity contribution in [3.8, 4) is 0 Å². The van der Waals surface area contributed by atoms with Gasteiger partial charge >= 0.3 is 5.97 Å². The van der Waals surface area contributed by atoms with E-state index in [0.717, 1.165) is 16.5 Å². The molecule has 15 heteroatoms. The molecule has 0 amide bonds. The number of likely N-dealkylation sites (N-methyl/N-ethyl adjacent to an activating group) is 1. The number of ether oxygens (including phenoxy) is 3. The molecule has 316 valence electrons. The van der Waals surface area contributed by atoms with Crippen molar-refractivity contribution in [2.24, 2.45) is 17.8 Å². The summed E-state index contributed by atoms with van der Waals surface area (Å²) in [5.74, 6) is -2.89. The Bertz CT molecular complexity index is 1600. The Morgan fingerprint density at radius 1 is 1.04 bits per heavy atom. The number of anilines is 1. The zero-order valence-corrected chi connectivity index (χ0v) is 37.2. The lowest BCUT2D eigenvalue weighted by Crippen LogP contribution is -2.59. The maximum atomic E-state index is 13.5. The van der Waals surface area contributed by atoms with Crippen LogP contribution in [0.25, 0.3) is 10.8 Å². The third-order valence-corrected chi connectivity index (χ3v) is 13.4. The minimum Gasteiger partial charge on any atom is -0.448 e. The molecule has 2 fully saturated rings. The van der Waals surface area contributed by atoms with Crippen LogP contribution in [-0.2, 0) is 19.0 Å². The van der Waals surface area contributed by atoms with Gasteiger partial charge < -0.3 is 55.3 Å². The molecule has 14 atom stereocenters. The Balaban J connectivity index is 1.57. The molecule has 2 aromatic carbocycles. The van der Waals surface area contributed by atoms with Gasteiger partial charge in [-0.1, -0.05) is 50.2 Å². The number of carbonyl (C=O) groups excluding carboxylic acids is 1. The van der Waals surface area contributed by atoms with E-state index in [1.54, 1.807) is 13.8 Å². The van der Waals surface area contributed by atoms with Crippen molar-refractivity contribution < 1.29 is 44.5 Å². The van der Waals surface area contributed by atoms with Crippen molar-refractivity contribution in [2.45, 2.75) is 132 Å².